The number of fused-ring (bicyclic) bond motifs is 1. The van der Waals surface area contributed by atoms with Gasteiger partial charge in [0.15, 0.2) is 23.1 Å². The number of hydrogen-bond acceptors (Lipinski definition) is 8. The third-order valence-corrected chi connectivity index (χ3v) is 8.39. The average Bonchev–Trinajstić information content (AvgIpc) is 3.08. The van der Waals surface area contributed by atoms with Crippen molar-refractivity contribution < 1.29 is 33.2 Å². The van der Waals surface area contributed by atoms with Gasteiger partial charge < -0.3 is 24.1 Å². The van der Waals surface area contributed by atoms with Gasteiger partial charge in [0.1, 0.15) is 44.3 Å². The Kier molecular flexibility index (Phi) is 9.31. The second kappa shape index (κ2) is 13.9. The highest BCUT2D eigenvalue weighted by Gasteiger charge is 2.29. The standard InChI is InChI=1S/C36H34FN3O6/c1-23-27(5-4-6-29(23)26-8-9-32-35(15-26)44-12-11-43-32)22-46-34-16-33(45-21-25-13-24(17-38)18-39-19-25)28(14-30(34)37)20-40-10-3-2-7-31(40)36(41)42/h4-6,8-9,13-16,18-19,31H,2-3,7,10-12,20-22H2,1H3,(H,41,42)/t31-/m0/s1. The molecule has 0 unspecified atom stereocenters. The van der Waals surface area contributed by atoms with E-state index in [2.05, 4.69) is 11.1 Å². The van der Waals surface area contributed by atoms with Crippen molar-refractivity contribution in [2.75, 3.05) is 19.8 Å². The topological polar surface area (TPSA) is 114 Å². The number of hydrogen-bond donors (Lipinski definition) is 1. The number of aliphatic carboxylic acids is 1. The minimum absolute atomic E-state index is 0.0141. The summed E-state index contributed by atoms with van der Waals surface area (Å²) >= 11 is 0. The van der Waals surface area contributed by atoms with E-state index in [0.29, 0.717) is 54.4 Å². The van der Waals surface area contributed by atoms with E-state index in [-0.39, 0.29) is 25.5 Å². The van der Waals surface area contributed by atoms with Crippen molar-refractivity contribution in [1.82, 2.24) is 9.88 Å². The van der Waals surface area contributed by atoms with Crippen LogP contribution < -0.4 is 18.9 Å². The number of piperidine rings is 1. The highest BCUT2D eigenvalue weighted by molar-refractivity contribution is 5.73. The largest absolute Gasteiger partial charge is 0.488 e. The molecule has 0 saturated carbocycles. The van der Waals surface area contributed by atoms with Crippen molar-refractivity contribution in [1.29, 1.82) is 5.26 Å². The molecule has 10 heteroatoms. The first-order valence-electron chi connectivity index (χ1n) is 15.3. The number of nitriles is 1. The van der Waals surface area contributed by atoms with Gasteiger partial charge in [-0.15, -0.1) is 0 Å². The molecule has 2 aliphatic rings. The lowest BCUT2D eigenvalue weighted by atomic mass is 9.96. The van der Waals surface area contributed by atoms with Gasteiger partial charge in [-0.05, 0) is 72.8 Å². The second-order valence-electron chi connectivity index (χ2n) is 11.4. The lowest BCUT2D eigenvalue weighted by Crippen LogP contribution is -2.44. The van der Waals surface area contributed by atoms with Gasteiger partial charge in [0, 0.05) is 36.1 Å². The number of rotatable bonds is 10. The van der Waals surface area contributed by atoms with E-state index < -0.39 is 17.8 Å². The fraction of sp³-hybridized carbons (Fsp3) is 0.306. The van der Waals surface area contributed by atoms with Gasteiger partial charge in [-0.25, -0.2) is 4.39 Å². The van der Waals surface area contributed by atoms with Gasteiger partial charge in [-0.3, -0.25) is 14.7 Å². The zero-order valence-corrected chi connectivity index (χ0v) is 25.5. The Morgan fingerprint density at radius 3 is 2.67 bits per heavy atom. The van der Waals surface area contributed by atoms with Gasteiger partial charge in [0.05, 0.1) is 5.56 Å². The van der Waals surface area contributed by atoms with Gasteiger partial charge in [0.2, 0.25) is 0 Å². The normalized spacial score (nSPS) is 16.0. The smallest absolute Gasteiger partial charge is 0.320 e. The third-order valence-electron chi connectivity index (χ3n) is 8.39. The third kappa shape index (κ3) is 6.90. The van der Waals surface area contributed by atoms with Crippen LogP contribution in [-0.4, -0.2) is 46.8 Å². The van der Waals surface area contributed by atoms with Crippen LogP contribution in [0.15, 0.2) is 67.0 Å². The Balaban J connectivity index is 1.25. The van der Waals surface area contributed by atoms with E-state index >= 15 is 4.39 Å². The van der Waals surface area contributed by atoms with Crippen LogP contribution in [0.5, 0.6) is 23.0 Å². The van der Waals surface area contributed by atoms with Crippen molar-refractivity contribution in [3.8, 4) is 40.2 Å². The number of carbonyl (C=O) groups is 1. The molecule has 0 spiro atoms. The average molecular weight is 624 g/mol. The van der Waals surface area contributed by atoms with Crippen molar-refractivity contribution >= 4 is 5.97 Å². The van der Waals surface area contributed by atoms with E-state index in [9.17, 15) is 15.2 Å². The molecule has 6 rings (SSSR count). The predicted octanol–water partition coefficient (Wildman–Crippen LogP) is 6.44. The number of carboxylic acids is 1. The van der Waals surface area contributed by atoms with Crippen LogP contribution in [0.1, 0.15) is 47.1 Å². The van der Waals surface area contributed by atoms with Crippen LogP contribution in [0.3, 0.4) is 0 Å². The summed E-state index contributed by atoms with van der Waals surface area (Å²) in [5.41, 5.74) is 5.43. The molecule has 0 amide bonds. The van der Waals surface area contributed by atoms with E-state index in [1.54, 1.807) is 12.3 Å². The van der Waals surface area contributed by atoms with E-state index in [4.69, 9.17) is 18.9 Å². The number of nitrogens with zero attached hydrogens (tertiary/aromatic N) is 3. The minimum atomic E-state index is -0.893. The first-order valence-corrected chi connectivity index (χ1v) is 15.3. The van der Waals surface area contributed by atoms with Crippen molar-refractivity contribution in [3.05, 3.63) is 101 Å². The number of pyridine rings is 1. The maximum absolute atomic E-state index is 15.6. The summed E-state index contributed by atoms with van der Waals surface area (Å²) in [6.45, 7) is 4.01. The summed E-state index contributed by atoms with van der Waals surface area (Å²) in [6.07, 6.45) is 5.29. The number of ether oxygens (including phenoxy) is 4. The molecule has 236 valence electrons. The van der Waals surface area contributed by atoms with Crippen molar-refractivity contribution in [2.24, 2.45) is 0 Å². The lowest BCUT2D eigenvalue weighted by molar-refractivity contribution is -0.144. The summed E-state index contributed by atoms with van der Waals surface area (Å²) in [6, 6.07) is 17.7. The first-order chi connectivity index (χ1) is 22.4. The van der Waals surface area contributed by atoms with Gasteiger partial charge in [0.25, 0.3) is 0 Å². The monoisotopic (exact) mass is 623 g/mol. The summed E-state index contributed by atoms with van der Waals surface area (Å²) < 4.78 is 39.3. The number of aromatic nitrogens is 1. The van der Waals surface area contributed by atoms with Crippen LogP contribution in [0.25, 0.3) is 11.1 Å². The van der Waals surface area contributed by atoms with Crippen molar-refractivity contribution in [3.63, 3.8) is 0 Å². The maximum atomic E-state index is 15.6. The number of benzene rings is 3. The molecular formula is C36H34FN3O6. The van der Waals surface area contributed by atoms with Gasteiger partial charge in [-0.2, -0.15) is 5.26 Å². The van der Waals surface area contributed by atoms with Crippen LogP contribution in [0.2, 0.25) is 0 Å². The Hall–Kier alpha value is -5.14. The minimum Gasteiger partial charge on any atom is -0.488 e. The molecule has 3 aromatic carbocycles. The Morgan fingerprint density at radius 1 is 1.02 bits per heavy atom. The number of carboxylic acid groups (broad SMARTS) is 1. The Bertz CT molecular complexity index is 1790. The molecule has 0 radical (unpaired) electrons. The van der Waals surface area contributed by atoms with Crippen molar-refractivity contribution in [2.45, 2.75) is 52.0 Å². The molecule has 46 heavy (non-hydrogen) atoms. The Labute approximate surface area is 266 Å². The van der Waals surface area contributed by atoms with E-state index in [1.165, 1.54) is 18.3 Å². The summed E-state index contributed by atoms with van der Waals surface area (Å²) in [5.74, 6) is 0.344. The molecule has 1 fully saturated rings. The predicted molar refractivity (Wildman–Crippen MR) is 167 cm³/mol. The van der Waals surface area contributed by atoms with Crippen LogP contribution in [0, 0.1) is 24.1 Å². The van der Waals surface area contributed by atoms with E-state index in [1.807, 2.05) is 48.2 Å². The lowest BCUT2D eigenvalue weighted by Gasteiger charge is -2.33. The summed E-state index contributed by atoms with van der Waals surface area (Å²) in [4.78, 5) is 17.9. The van der Waals surface area contributed by atoms with Crippen LogP contribution in [0.4, 0.5) is 4.39 Å². The molecule has 1 aromatic heterocycles. The van der Waals surface area contributed by atoms with Crippen LogP contribution in [-0.2, 0) is 24.6 Å². The Morgan fingerprint density at radius 2 is 1.85 bits per heavy atom. The fourth-order valence-corrected chi connectivity index (χ4v) is 5.93. The molecule has 9 nitrogen and oxygen atoms in total. The number of halogens is 1. The maximum Gasteiger partial charge on any atom is 0.320 e. The summed E-state index contributed by atoms with van der Waals surface area (Å²) in [7, 11) is 0. The zero-order chi connectivity index (χ0) is 32.0. The van der Waals surface area contributed by atoms with Gasteiger partial charge >= 0.3 is 5.97 Å². The molecule has 1 atom stereocenters. The molecule has 4 aromatic rings. The highest BCUT2D eigenvalue weighted by Crippen LogP contribution is 2.37. The van der Waals surface area contributed by atoms with E-state index in [0.717, 1.165) is 40.8 Å². The molecule has 3 heterocycles. The van der Waals surface area contributed by atoms with Gasteiger partial charge in [-0.1, -0.05) is 30.7 Å². The summed E-state index contributed by atoms with van der Waals surface area (Å²) in [5, 5.41) is 19.0. The molecule has 0 bridgehead atoms. The first kappa shape index (κ1) is 30.9. The molecular weight excluding hydrogens is 589 g/mol. The SMILES string of the molecule is Cc1c(COc2cc(OCc3cncc(C#N)c3)c(CN3CCCC[C@H]3C(=O)O)cc2F)cccc1-c1ccc2c(c1)OCCO2. The molecule has 1 N–H and O–H groups in total. The molecule has 0 aliphatic carbocycles. The second-order valence-corrected chi connectivity index (χ2v) is 11.4. The molecule has 2 aliphatic heterocycles. The fourth-order valence-electron chi connectivity index (χ4n) is 5.93. The zero-order valence-electron chi connectivity index (χ0n) is 25.5. The van der Waals surface area contributed by atoms with Crippen LogP contribution >= 0.6 is 0 Å². The quantitative estimate of drug-likeness (QED) is 0.213. The molecule has 1 saturated heterocycles. The highest BCUT2D eigenvalue weighted by atomic mass is 19.1. The number of likely N-dealkylation sites (tertiary alicyclic amines) is 1.